The van der Waals surface area contributed by atoms with Crippen molar-refractivity contribution in [1.29, 1.82) is 0 Å². The molecule has 2 saturated heterocycles. The van der Waals surface area contributed by atoms with E-state index in [9.17, 15) is 14.7 Å². The number of nitrogens with zero attached hydrogens (tertiary/aromatic N) is 3. The van der Waals surface area contributed by atoms with Crippen molar-refractivity contribution in [1.82, 2.24) is 14.8 Å². The van der Waals surface area contributed by atoms with Crippen LogP contribution in [-0.2, 0) is 14.3 Å². The first-order chi connectivity index (χ1) is 15.5. The van der Waals surface area contributed by atoms with Crippen LogP contribution in [0.2, 0.25) is 5.02 Å². The lowest BCUT2D eigenvalue weighted by atomic mass is 9.96. The first kappa shape index (κ1) is 22.3. The molecule has 2 aliphatic rings. The molecule has 2 fully saturated rings. The number of rotatable bonds is 6. The number of aliphatic hydroxyl groups is 1. The van der Waals surface area contributed by atoms with Gasteiger partial charge >= 0.3 is 0 Å². The minimum atomic E-state index is -0.770. The van der Waals surface area contributed by atoms with E-state index in [-0.39, 0.29) is 16.9 Å². The first-order valence-electron chi connectivity index (χ1n) is 10.3. The topological polar surface area (TPSA) is 92.2 Å². The Morgan fingerprint density at radius 1 is 1.25 bits per heavy atom. The van der Waals surface area contributed by atoms with Crippen molar-refractivity contribution in [2.45, 2.75) is 6.04 Å². The minimum Gasteiger partial charge on any atom is -0.507 e. The Labute approximate surface area is 191 Å². The highest BCUT2D eigenvalue weighted by Crippen LogP contribution is 2.41. The van der Waals surface area contributed by atoms with E-state index >= 15 is 0 Å². The van der Waals surface area contributed by atoms with Crippen LogP contribution >= 0.6 is 11.6 Å². The fourth-order valence-electron chi connectivity index (χ4n) is 4.08. The van der Waals surface area contributed by atoms with Crippen LogP contribution in [0.15, 0.2) is 48.3 Å². The van der Waals surface area contributed by atoms with Crippen molar-refractivity contribution in [3.63, 3.8) is 0 Å². The second kappa shape index (κ2) is 9.68. The normalized spacial score (nSPS) is 21.2. The molecule has 0 unspecified atom stereocenters. The zero-order valence-electron chi connectivity index (χ0n) is 17.7. The highest BCUT2D eigenvalue weighted by Gasteiger charge is 2.46. The van der Waals surface area contributed by atoms with Crippen LogP contribution in [0.4, 0.5) is 0 Å². The Morgan fingerprint density at radius 3 is 2.72 bits per heavy atom. The zero-order chi connectivity index (χ0) is 22.7. The Morgan fingerprint density at radius 2 is 2.03 bits per heavy atom. The third-order valence-corrected chi connectivity index (χ3v) is 5.95. The van der Waals surface area contributed by atoms with E-state index in [1.165, 1.54) is 18.1 Å². The second-order valence-corrected chi connectivity index (χ2v) is 8.01. The van der Waals surface area contributed by atoms with E-state index in [1.807, 2.05) is 0 Å². The van der Waals surface area contributed by atoms with E-state index in [2.05, 4.69) is 9.88 Å². The summed E-state index contributed by atoms with van der Waals surface area (Å²) in [6.45, 7) is 3.72. The quantitative estimate of drug-likeness (QED) is 0.404. The van der Waals surface area contributed by atoms with E-state index in [0.717, 1.165) is 13.1 Å². The van der Waals surface area contributed by atoms with E-state index in [0.29, 0.717) is 42.6 Å². The van der Waals surface area contributed by atoms with Crippen molar-refractivity contribution in [3.8, 4) is 5.75 Å². The summed E-state index contributed by atoms with van der Waals surface area (Å²) in [5.41, 5.74) is 0.877. The predicted molar refractivity (Wildman–Crippen MR) is 119 cm³/mol. The number of benzene rings is 1. The largest absolute Gasteiger partial charge is 0.507 e. The average Bonchev–Trinajstić information content (AvgIpc) is 3.08. The van der Waals surface area contributed by atoms with Crippen molar-refractivity contribution in [2.75, 3.05) is 46.5 Å². The fourth-order valence-corrected chi connectivity index (χ4v) is 4.25. The molecule has 9 heteroatoms. The van der Waals surface area contributed by atoms with Crippen LogP contribution in [-0.4, -0.2) is 78.1 Å². The Hall–Kier alpha value is -2.94. The maximum atomic E-state index is 13.1. The van der Waals surface area contributed by atoms with E-state index in [1.54, 1.807) is 36.7 Å². The molecule has 0 spiro atoms. The van der Waals surface area contributed by atoms with E-state index in [4.69, 9.17) is 21.1 Å². The molecule has 2 aliphatic heterocycles. The third-order valence-electron chi connectivity index (χ3n) is 5.72. The Balaban J connectivity index is 1.76. The number of Topliss-reactive ketones (excluding diaryl/α,β-unsaturated/α-hetero) is 1. The van der Waals surface area contributed by atoms with Gasteiger partial charge in [-0.1, -0.05) is 17.7 Å². The van der Waals surface area contributed by atoms with Gasteiger partial charge in [-0.25, -0.2) is 0 Å². The number of aromatic nitrogens is 1. The standard InChI is InChI=1S/C23H24ClN3O5/c1-31-18-5-4-16(24)13-17(18)21(28)19-20(15-3-2-6-25-14-15)27(23(30)22(19)29)8-7-26-9-11-32-12-10-26/h2-6,13-14,20,28H,7-12H2,1H3/b21-19+/t20-/m1/s1. The highest BCUT2D eigenvalue weighted by atomic mass is 35.5. The molecule has 0 saturated carbocycles. The molecule has 1 aromatic carbocycles. The summed E-state index contributed by atoms with van der Waals surface area (Å²) in [4.78, 5) is 34.0. The number of halogens is 1. The van der Waals surface area contributed by atoms with Crippen LogP contribution in [0.25, 0.3) is 5.76 Å². The van der Waals surface area contributed by atoms with Gasteiger partial charge in [0.2, 0.25) is 0 Å². The van der Waals surface area contributed by atoms with Gasteiger partial charge in [0.05, 0.1) is 37.5 Å². The SMILES string of the molecule is COc1ccc(Cl)cc1/C(O)=C1\C(=O)C(=O)N(CCN2CCOCC2)[C@@H]1c1cccnc1. The zero-order valence-corrected chi connectivity index (χ0v) is 18.4. The maximum Gasteiger partial charge on any atom is 0.295 e. The van der Waals surface area contributed by atoms with Crippen LogP contribution in [0.5, 0.6) is 5.75 Å². The first-order valence-corrected chi connectivity index (χ1v) is 10.7. The second-order valence-electron chi connectivity index (χ2n) is 7.58. The summed E-state index contributed by atoms with van der Waals surface area (Å²) >= 11 is 6.13. The van der Waals surface area contributed by atoms with Gasteiger partial charge in [0, 0.05) is 43.6 Å². The van der Waals surface area contributed by atoms with E-state index < -0.39 is 17.7 Å². The van der Waals surface area contributed by atoms with Crippen LogP contribution in [0, 0.1) is 0 Å². The molecule has 0 aliphatic carbocycles. The smallest absolute Gasteiger partial charge is 0.295 e. The molecule has 1 aromatic heterocycles. The number of morpholine rings is 1. The lowest BCUT2D eigenvalue weighted by molar-refractivity contribution is -0.140. The summed E-state index contributed by atoms with van der Waals surface area (Å²) < 4.78 is 10.7. The third kappa shape index (κ3) is 4.34. The number of likely N-dealkylation sites (tertiary alicyclic amines) is 1. The molecule has 8 nitrogen and oxygen atoms in total. The molecule has 32 heavy (non-hydrogen) atoms. The molecule has 2 aromatic rings. The number of carbonyl (C=O) groups is 2. The van der Waals surface area contributed by atoms with Crippen molar-refractivity contribution < 1.29 is 24.2 Å². The number of methoxy groups -OCH3 is 1. The molecule has 168 valence electrons. The summed E-state index contributed by atoms with van der Waals surface area (Å²) in [7, 11) is 1.46. The van der Waals surface area contributed by atoms with Gasteiger partial charge in [0.25, 0.3) is 11.7 Å². The number of hydrogen-bond donors (Lipinski definition) is 1. The summed E-state index contributed by atoms with van der Waals surface area (Å²) in [5, 5.41) is 11.6. The summed E-state index contributed by atoms with van der Waals surface area (Å²) in [6, 6.07) is 7.48. The Kier molecular flexibility index (Phi) is 6.74. The molecule has 1 N–H and O–H groups in total. The predicted octanol–water partition coefficient (Wildman–Crippen LogP) is 2.50. The lowest BCUT2D eigenvalue weighted by Gasteiger charge is -2.30. The molecular formula is C23H24ClN3O5. The number of carbonyl (C=O) groups excluding carboxylic acids is 2. The van der Waals surface area contributed by atoms with Crippen molar-refractivity contribution in [3.05, 3.63) is 64.4 Å². The van der Waals surface area contributed by atoms with Crippen LogP contribution in [0.1, 0.15) is 17.2 Å². The van der Waals surface area contributed by atoms with Gasteiger partial charge in [-0.15, -0.1) is 0 Å². The van der Waals surface area contributed by atoms with Gasteiger partial charge in [0.1, 0.15) is 11.5 Å². The average molecular weight is 458 g/mol. The van der Waals surface area contributed by atoms with Gasteiger partial charge in [-0.05, 0) is 29.8 Å². The molecule has 1 atom stereocenters. The van der Waals surface area contributed by atoms with Gasteiger partial charge in [-0.3, -0.25) is 19.5 Å². The molecule has 0 bridgehead atoms. The van der Waals surface area contributed by atoms with Gasteiger partial charge < -0.3 is 19.5 Å². The molecular weight excluding hydrogens is 434 g/mol. The minimum absolute atomic E-state index is 0.00876. The lowest BCUT2D eigenvalue weighted by Crippen LogP contribution is -2.42. The number of ether oxygens (including phenoxy) is 2. The number of aliphatic hydroxyl groups excluding tert-OH is 1. The van der Waals surface area contributed by atoms with Crippen LogP contribution in [0.3, 0.4) is 0 Å². The maximum absolute atomic E-state index is 13.1. The highest BCUT2D eigenvalue weighted by molar-refractivity contribution is 6.46. The molecule has 3 heterocycles. The molecule has 1 amide bonds. The number of hydrogen-bond acceptors (Lipinski definition) is 7. The van der Waals surface area contributed by atoms with Crippen molar-refractivity contribution >= 4 is 29.1 Å². The number of amides is 1. The Bertz CT molecular complexity index is 1040. The summed E-state index contributed by atoms with van der Waals surface area (Å²) in [6.07, 6.45) is 3.21. The number of ketones is 1. The van der Waals surface area contributed by atoms with Gasteiger partial charge in [0.15, 0.2) is 0 Å². The molecule has 4 rings (SSSR count). The summed E-state index contributed by atoms with van der Waals surface area (Å²) in [5.74, 6) is -1.39. The van der Waals surface area contributed by atoms with Crippen molar-refractivity contribution in [2.24, 2.45) is 0 Å². The van der Waals surface area contributed by atoms with Gasteiger partial charge in [-0.2, -0.15) is 0 Å². The number of pyridine rings is 1. The van der Waals surface area contributed by atoms with Crippen LogP contribution < -0.4 is 4.74 Å². The fraction of sp³-hybridized carbons (Fsp3) is 0.348. The molecule has 0 radical (unpaired) electrons. The monoisotopic (exact) mass is 457 g/mol.